The van der Waals surface area contributed by atoms with Crippen LogP contribution in [0.15, 0.2) is 29.1 Å². The number of carbonyl (C=O) groups is 1. The largest absolute Gasteiger partial charge is 0.477 e. The summed E-state index contributed by atoms with van der Waals surface area (Å²) in [5, 5.41) is 9.52. The molecule has 0 fully saturated rings. The van der Waals surface area contributed by atoms with E-state index in [1.165, 1.54) is 0 Å². The van der Waals surface area contributed by atoms with Gasteiger partial charge in [0, 0.05) is 18.0 Å². The fourth-order valence-corrected chi connectivity index (χ4v) is 2.56. The van der Waals surface area contributed by atoms with Gasteiger partial charge in [0.05, 0.1) is 0 Å². The summed E-state index contributed by atoms with van der Waals surface area (Å²) in [6.45, 7) is 0. The van der Waals surface area contributed by atoms with Crippen LogP contribution in [0.4, 0.5) is 0 Å². The average Bonchev–Trinajstić information content (AvgIpc) is 2.62. The molecule has 0 aliphatic carbocycles. The highest BCUT2D eigenvalue weighted by Gasteiger charge is 2.15. The third kappa shape index (κ3) is 2.05. The first-order valence-electron chi connectivity index (χ1n) is 3.98. The lowest BCUT2D eigenvalue weighted by molar-refractivity contribution is 0.0701. The Bertz CT molecular complexity index is 498. The van der Waals surface area contributed by atoms with Crippen LogP contribution in [0, 0.1) is 0 Å². The quantitative estimate of drug-likeness (QED) is 0.921. The zero-order chi connectivity index (χ0) is 10.8. The molecule has 0 atom stereocenters. The predicted molar refractivity (Wildman–Crippen MR) is 60.0 cm³/mol. The summed E-state index contributed by atoms with van der Waals surface area (Å²) in [4.78, 5) is 19.0. The lowest BCUT2D eigenvalue weighted by Crippen LogP contribution is -1.91. The minimum Gasteiger partial charge on any atom is -0.477 e. The molecule has 0 amide bonds. The Labute approximate surface area is 97.8 Å². The maximum atomic E-state index is 10.8. The average molecular weight is 285 g/mol. The van der Waals surface area contributed by atoms with Crippen LogP contribution >= 0.6 is 27.3 Å². The molecule has 4 nitrogen and oxygen atoms in total. The van der Waals surface area contributed by atoms with Gasteiger partial charge >= 0.3 is 5.97 Å². The first kappa shape index (κ1) is 10.3. The van der Waals surface area contributed by atoms with Crippen molar-refractivity contribution in [2.24, 2.45) is 0 Å². The van der Waals surface area contributed by atoms with Crippen LogP contribution in [0.25, 0.3) is 10.6 Å². The Hall–Kier alpha value is -1.27. The van der Waals surface area contributed by atoms with E-state index in [0.29, 0.717) is 9.61 Å². The summed E-state index contributed by atoms with van der Waals surface area (Å²) in [6, 6.07) is 3.58. The molecule has 2 heterocycles. The van der Waals surface area contributed by atoms with Gasteiger partial charge in [0.25, 0.3) is 0 Å². The van der Waals surface area contributed by atoms with Gasteiger partial charge in [-0.3, -0.25) is 4.98 Å². The molecule has 0 aliphatic rings. The van der Waals surface area contributed by atoms with Crippen LogP contribution < -0.4 is 0 Å². The predicted octanol–water partition coefficient (Wildman–Crippen LogP) is 2.67. The van der Waals surface area contributed by atoms with Crippen molar-refractivity contribution in [2.75, 3.05) is 0 Å². The fraction of sp³-hybridized carbons (Fsp3) is 0. The molecule has 0 aromatic carbocycles. The molecule has 0 bridgehead atoms. The molecular formula is C9H5BrN2O2S. The van der Waals surface area contributed by atoms with Gasteiger partial charge in [-0.2, -0.15) is 0 Å². The number of aromatic nitrogens is 2. The number of nitrogens with zero attached hydrogens (tertiary/aromatic N) is 2. The number of pyridine rings is 1. The zero-order valence-corrected chi connectivity index (χ0v) is 9.75. The van der Waals surface area contributed by atoms with Gasteiger partial charge in [0.2, 0.25) is 0 Å². The Morgan fingerprint density at radius 3 is 2.60 bits per heavy atom. The number of carboxylic acids is 1. The van der Waals surface area contributed by atoms with Crippen LogP contribution in [0.1, 0.15) is 9.67 Å². The zero-order valence-electron chi connectivity index (χ0n) is 7.35. The second-order valence-corrected chi connectivity index (χ2v) is 4.43. The van der Waals surface area contributed by atoms with E-state index in [4.69, 9.17) is 5.11 Å². The van der Waals surface area contributed by atoms with E-state index in [9.17, 15) is 4.79 Å². The highest BCUT2D eigenvalue weighted by molar-refractivity contribution is 9.10. The van der Waals surface area contributed by atoms with E-state index in [-0.39, 0.29) is 4.88 Å². The van der Waals surface area contributed by atoms with Crippen molar-refractivity contribution in [1.82, 2.24) is 9.97 Å². The summed E-state index contributed by atoms with van der Waals surface area (Å²) >= 11 is 4.25. The van der Waals surface area contributed by atoms with Crippen LogP contribution in [-0.4, -0.2) is 21.0 Å². The van der Waals surface area contributed by atoms with E-state index in [1.807, 2.05) is 0 Å². The molecule has 2 aromatic rings. The number of rotatable bonds is 2. The third-order valence-electron chi connectivity index (χ3n) is 1.71. The van der Waals surface area contributed by atoms with Gasteiger partial charge in [-0.05, 0) is 28.1 Å². The van der Waals surface area contributed by atoms with Gasteiger partial charge in [-0.25, -0.2) is 9.78 Å². The van der Waals surface area contributed by atoms with Crippen molar-refractivity contribution in [3.05, 3.63) is 34.0 Å². The van der Waals surface area contributed by atoms with Gasteiger partial charge in [0.1, 0.15) is 14.5 Å². The van der Waals surface area contributed by atoms with Gasteiger partial charge in [0.15, 0.2) is 0 Å². The number of carboxylic acid groups (broad SMARTS) is 1. The molecule has 2 rings (SSSR count). The van der Waals surface area contributed by atoms with E-state index >= 15 is 0 Å². The summed E-state index contributed by atoms with van der Waals surface area (Å²) in [7, 11) is 0. The molecule has 6 heteroatoms. The van der Waals surface area contributed by atoms with Crippen molar-refractivity contribution in [3.63, 3.8) is 0 Å². The van der Waals surface area contributed by atoms with Gasteiger partial charge < -0.3 is 5.11 Å². The molecular weight excluding hydrogens is 280 g/mol. The molecule has 0 unspecified atom stereocenters. The number of thiazole rings is 1. The smallest absolute Gasteiger partial charge is 0.348 e. The molecule has 0 aliphatic heterocycles. The standard InChI is InChI=1S/C9H5BrN2O2S/c10-7-6(9(13)14)15-8(12-7)5-1-3-11-4-2-5/h1-4H,(H,13,14). The molecule has 2 aromatic heterocycles. The van der Waals surface area contributed by atoms with Crippen molar-refractivity contribution in [3.8, 4) is 10.6 Å². The Morgan fingerprint density at radius 1 is 1.40 bits per heavy atom. The number of hydrogen-bond acceptors (Lipinski definition) is 4. The van der Waals surface area contributed by atoms with Crippen molar-refractivity contribution >= 4 is 33.2 Å². The molecule has 0 radical (unpaired) electrons. The molecule has 76 valence electrons. The maximum Gasteiger partial charge on any atom is 0.348 e. The first-order chi connectivity index (χ1) is 7.18. The monoisotopic (exact) mass is 284 g/mol. The molecule has 0 spiro atoms. The second-order valence-electron chi connectivity index (χ2n) is 2.68. The van der Waals surface area contributed by atoms with E-state index in [0.717, 1.165) is 16.9 Å². The number of aromatic carboxylic acids is 1. The van der Waals surface area contributed by atoms with Crippen LogP contribution in [0.5, 0.6) is 0 Å². The molecule has 15 heavy (non-hydrogen) atoms. The molecule has 1 N–H and O–H groups in total. The fourth-order valence-electron chi connectivity index (χ4n) is 1.05. The molecule has 0 saturated carbocycles. The van der Waals surface area contributed by atoms with Crippen molar-refractivity contribution in [2.45, 2.75) is 0 Å². The van der Waals surface area contributed by atoms with E-state index in [2.05, 4.69) is 25.9 Å². The van der Waals surface area contributed by atoms with Crippen LogP contribution in [0.3, 0.4) is 0 Å². The lowest BCUT2D eigenvalue weighted by atomic mass is 10.3. The van der Waals surface area contributed by atoms with Crippen LogP contribution in [-0.2, 0) is 0 Å². The molecule has 0 saturated heterocycles. The summed E-state index contributed by atoms with van der Waals surface area (Å²) in [5.41, 5.74) is 0.864. The minimum absolute atomic E-state index is 0.210. The number of hydrogen-bond donors (Lipinski definition) is 1. The summed E-state index contributed by atoms with van der Waals surface area (Å²) < 4.78 is 0.367. The third-order valence-corrected chi connectivity index (χ3v) is 3.64. The minimum atomic E-state index is -0.973. The Balaban J connectivity index is 2.48. The topological polar surface area (TPSA) is 63.1 Å². The summed E-state index contributed by atoms with van der Waals surface area (Å²) in [5.74, 6) is -0.973. The van der Waals surface area contributed by atoms with E-state index in [1.54, 1.807) is 24.5 Å². The van der Waals surface area contributed by atoms with Crippen molar-refractivity contribution in [1.29, 1.82) is 0 Å². The van der Waals surface area contributed by atoms with Crippen LogP contribution in [0.2, 0.25) is 0 Å². The lowest BCUT2D eigenvalue weighted by Gasteiger charge is -1.91. The maximum absolute atomic E-state index is 10.8. The second kappa shape index (κ2) is 4.08. The highest BCUT2D eigenvalue weighted by Crippen LogP contribution is 2.30. The van der Waals surface area contributed by atoms with E-state index < -0.39 is 5.97 Å². The Morgan fingerprint density at radius 2 is 2.07 bits per heavy atom. The normalized spacial score (nSPS) is 10.2. The SMILES string of the molecule is O=C(O)c1sc(-c2ccncc2)nc1Br. The highest BCUT2D eigenvalue weighted by atomic mass is 79.9. The number of halogens is 1. The van der Waals surface area contributed by atoms with Gasteiger partial charge in [-0.15, -0.1) is 11.3 Å². The first-order valence-corrected chi connectivity index (χ1v) is 5.59. The Kier molecular flexibility index (Phi) is 2.79. The van der Waals surface area contributed by atoms with Gasteiger partial charge in [-0.1, -0.05) is 0 Å². The summed E-state index contributed by atoms with van der Waals surface area (Å²) in [6.07, 6.45) is 3.29. The van der Waals surface area contributed by atoms with Crippen molar-refractivity contribution < 1.29 is 9.90 Å².